The molecule has 0 aliphatic rings. The zero-order valence-corrected chi connectivity index (χ0v) is 9.70. The van der Waals surface area contributed by atoms with Crippen molar-refractivity contribution in [1.29, 1.82) is 0 Å². The number of rotatable bonds is 4. The van der Waals surface area contributed by atoms with Crippen LogP contribution in [0.2, 0.25) is 5.02 Å². The molecule has 1 aromatic heterocycles. The molecule has 5 heteroatoms. The van der Waals surface area contributed by atoms with Crippen LogP contribution in [0.4, 0.5) is 11.5 Å². The molecule has 0 unspecified atom stereocenters. The van der Waals surface area contributed by atoms with E-state index in [9.17, 15) is 0 Å². The van der Waals surface area contributed by atoms with Crippen LogP contribution in [0.5, 0.6) is 0 Å². The van der Waals surface area contributed by atoms with E-state index in [4.69, 9.17) is 22.4 Å². The number of hydrogen-bond acceptors (Lipinski definition) is 4. The Kier molecular flexibility index (Phi) is 4.17. The molecule has 4 nitrogen and oxygen atoms in total. The van der Waals surface area contributed by atoms with Crippen LogP contribution in [0.3, 0.4) is 0 Å². The predicted molar refractivity (Wildman–Crippen MR) is 63.2 cm³/mol. The smallest absolute Gasteiger partial charge is 0.147 e. The second kappa shape index (κ2) is 5.19. The Morgan fingerprint density at radius 2 is 2.27 bits per heavy atom. The van der Waals surface area contributed by atoms with Gasteiger partial charge in [-0.3, -0.25) is 0 Å². The van der Waals surface area contributed by atoms with Gasteiger partial charge in [-0.25, -0.2) is 4.98 Å². The molecule has 0 bridgehead atoms. The van der Waals surface area contributed by atoms with Crippen LogP contribution in [-0.2, 0) is 0 Å². The average molecular weight is 230 g/mol. The summed E-state index contributed by atoms with van der Waals surface area (Å²) in [7, 11) is 0. The van der Waals surface area contributed by atoms with Crippen LogP contribution in [-0.4, -0.2) is 29.3 Å². The topological polar surface area (TPSA) is 62.4 Å². The summed E-state index contributed by atoms with van der Waals surface area (Å²) in [4.78, 5) is 6.11. The van der Waals surface area contributed by atoms with Gasteiger partial charge >= 0.3 is 0 Å². The SMILES string of the molecule is CC(C)N(CCO)c1ncc(N)cc1Cl. The van der Waals surface area contributed by atoms with Gasteiger partial charge in [0.15, 0.2) is 0 Å². The third kappa shape index (κ3) is 2.97. The lowest BCUT2D eigenvalue weighted by atomic mass is 10.3. The fourth-order valence-electron chi connectivity index (χ4n) is 1.37. The van der Waals surface area contributed by atoms with Gasteiger partial charge in [0.25, 0.3) is 0 Å². The Labute approximate surface area is 94.7 Å². The van der Waals surface area contributed by atoms with Gasteiger partial charge < -0.3 is 15.7 Å². The summed E-state index contributed by atoms with van der Waals surface area (Å²) in [6.45, 7) is 4.61. The maximum atomic E-state index is 8.96. The number of nitrogens with two attached hydrogens (primary N) is 1. The van der Waals surface area contributed by atoms with E-state index in [-0.39, 0.29) is 12.6 Å². The van der Waals surface area contributed by atoms with Gasteiger partial charge in [-0.05, 0) is 19.9 Å². The van der Waals surface area contributed by atoms with Crippen LogP contribution in [0.25, 0.3) is 0 Å². The van der Waals surface area contributed by atoms with Crippen molar-refractivity contribution >= 4 is 23.1 Å². The van der Waals surface area contributed by atoms with Crippen molar-refractivity contribution in [3.8, 4) is 0 Å². The van der Waals surface area contributed by atoms with Crippen molar-refractivity contribution in [3.63, 3.8) is 0 Å². The Morgan fingerprint density at radius 3 is 2.73 bits per heavy atom. The highest BCUT2D eigenvalue weighted by Gasteiger charge is 2.14. The minimum atomic E-state index is 0.0700. The number of nitrogen functional groups attached to an aromatic ring is 1. The summed E-state index contributed by atoms with van der Waals surface area (Å²) in [6.07, 6.45) is 1.56. The minimum Gasteiger partial charge on any atom is -0.397 e. The quantitative estimate of drug-likeness (QED) is 0.822. The predicted octanol–water partition coefficient (Wildman–Crippen LogP) is 1.52. The molecule has 0 amide bonds. The lowest BCUT2D eigenvalue weighted by molar-refractivity contribution is 0.298. The molecule has 0 atom stereocenters. The molecule has 0 radical (unpaired) electrons. The monoisotopic (exact) mass is 229 g/mol. The van der Waals surface area contributed by atoms with E-state index in [2.05, 4.69) is 4.98 Å². The summed E-state index contributed by atoms with van der Waals surface area (Å²) in [6, 6.07) is 1.89. The van der Waals surface area contributed by atoms with E-state index in [1.807, 2.05) is 18.7 Å². The van der Waals surface area contributed by atoms with Gasteiger partial charge in [0, 0.05) is 12.6 Å². The van der Waals surface area contributed by atoms with Crippen molar-refractivity contribution in [2.45, 2.75) is 19.9 Å². The zero-order chi connectivity index (χ0) is 11.4. The number of aliphatic hydroxyl groups excluding tert-OH is 1. The summed E-state index contributed by atoms with van der Waals surface area (Å²) >= 11 is 6.04. The van der Waals surface area contributed by atoms with Gasteiger partial charge in [-0.2, -0.15) is 0 Å². The average Bonchev–Trinajstić information content (AvgIpc) is 2.15. The highest BCUT2D eigenvalue weighted by Crippen LogP contribution is 2.26. The van der Waals surface area contributed by atoms with Gasteiger partial charge in [0.05, 0.1) is 23.5 Å². The number of aliphatic hydroxyl groups is 1. The normalized spacial score (nSPS) is 10.7. The summed E-state index contributed by atoms with van der Waals surface area (Å²) < 4.78 is 0. The van der Waals surface area contributed by atoms with E-state index < -0.39 is 0 Å². The number of nitrogens with zero attached hydrogens (tertiary/aromatic N) is 2. The number of hydrogen-bond donors (Lipinski definition) is 2. The Balaban J connectivity index is 3.00. The summed E-state index contributed by atoms with van der Waals surface area (Å²) in [5.74, 6) is 0.662. The molecule has 15 heavy (non-hydrogen) atoms. The first-order valence-corrected chi connectivity index (χ1v) is 5.22. The number of aromatic nitrogens is 1. The summed E-state index contributed by atoms with van der Waals surface area (Å²) in [5.41, 5.74) is 6.10. The van der Waals surface area contributed by atoms with Crippen molar-refractivity contribution in [2.75, 3.05) is 23.8 Å². The van der Waals surface area contributed by atoms with Crippen LogP contribution in [0.15, 0.2) is 12.3 Å². The lowest BCUT2D eigenvalue weighted by Gasteiger charge is -2.27. The molecule has 1 heterocycles. The molecule has 0 fully saturated rings. The summed E-state index contributed by atoms with van der Waals surface area (Å²) in [5, 5.41) is 9.47. The van der Waals surface area contributed by atoms with Gasteiger partial charge in [0.1, 0.15) is 5.82 Å². The number of halogens is 1. The molecule has 1 rings (SSSR count). The van der Waals surface area contributed by atoms with E-state index in [1.54, 1.807) is 12.3 Å². The third-order valence-electron chi connectivity index (χ3n) is 2.08. The second-order valence-corrected chi connectivity index (χ2v) is 3.99. The van der Waals surface area contributed by atoms with Gasteiger partial charge in [0.2, 0.25) is 0 Å². The van der Waals surface area contributed by atoms with E-state index in [0.29, 0.717) is 23.1 Å². The van der Waals surface area contributed by atoms with E-state index in [1.165, 1.54) is 0 Å². The molecule has 0 spiro atoms. The molecular weight excluding hydrogens is 214 g/mol. The highest BCUT2D eigenvalue weighted by molar-refractivity contribution is 6.33. The van der Waals surface area contributed by atoms with Crippen molar-refractivity contribution in [3.05, 3.63) is 17.3 Å². The van der Waals surface area contributed by atoms with Crippen LogP contribution >= 0.6 is 11.6 Å². The van der Waals surface area contributed by atoms with Crippen LogP contribution in [0.1, 0.15) is 13.8 Å². The van der Waals surface area contributed by atoms with Gasteiger partial charge in [-0.15, -0.1) is 0 Å². The first-order chi connectivity index (χ1) is 7.06. The molecule has 3 N–H and O–H groups in total. The molecule has 0 aromatic carbocycles. The molecule has 1 aromatic rings. The Morgan fingerprint density at radius 1 is 1.60 bits per heavy atom. The van der Waals surface area contributed by atoms with Crippen molar-refractivity contribution < 1.29 is 5.11 Å². The highest BCUT2D eigenvalue weighted by atomic mass is 35.5. The van der Waals surface area contributed by atoms with Crippen LogP contribution < -0.4 is 10.6 Å². The first kappa shape index (κ1) is 12.1. The van der Waals surface area contributed by atoms with E-state index in [0.717, 1.165) is 0 Å². The maximum absolute atomic E-state index is 8.96. The van der Waals surface area contributed by atoms with Crippen LogP contribution in [0, 0.1) is 0 Å². The fraction of sp³-hybridized carbons (Fsp3) is 0.500. The Bertz CT molecular complexity index is 330. The lowest BCUT2D eigenvalue weighted by Crippen LogP contribution is -2.34. The largest absolute Gasteiger partial charge is 0.397 e. The molecule has 0 saturated carbocycles. The molecule has 0 aliphatic carbocycles. The van der Waals surface area contributed by atoms with Crippen molar-refractivity contribution in [2.24, 2.45) is 0 Å². The fourth-order valence-corrected chi connectivity index (χ4v) is 1.66. The number of pyridine rings is 1. The molecule has 0 aliphatic heterocycles. The van der Waals surface area contributed by atoms with Crippen molar-refractivity contribution in [1.82, 2.24) is 4.98 Å². The third-order valence-corrected chi connectivity index (χ3v) is 2.36. The molecule has 84 valence electrons. The second-order valence-electron chi connectivity index (χ2n) is 3.58. The molecule has 0 saturated heterocycles. The zero-order valence-electron chi connectivity index (χ0n) is 8.94. The molecular formula is C10H16ClN3O. The van der Waals surface area contributed by atoms with Gasteiger partial charge in [-0.1, -0.05) is 11.6 Å². The number of anilines is 2. The Hall–Kier alpha value is -1.00. The minimum absolute atomic E-state index is 0.0700. The standard InChI is InChI=1S/C10H16ClN3O/c1-7(2)14(3-4-15)10-9(11)5-8(12)6-13-10/h5-7,15H,3-4,12H2,1-2H3. The van der Waals surface area contributed by atoms with E-state index >= 15 is 0 Å². The maximum Gasteiger partial charge on any atom is 0.147 e. The first-order valence-electron chi connectivity index (χ1n) is 4.84.